The number of carbonyl (C=O) groups is 1. The smallest absolute Gasteiger partial charge is 0.273 e. The van der Waals surface area contributed by atoms with Crippen LogP contribution in [0.2, 0.25) is 0 Å². The van der Waals surface area contributed by atoms with E-state index in [-0.39, 0.29) is 24.2 Å². The Morgan fingerprint density at radius 3 is 3.14 bits per heavy atom. The van der Waals surface area contributed by atoms with Gasteiger partial charge < -0.3 is 14.5 Å². The number of pyridine rings is 1. The number of oxazole rings is 1. The summed E-state index contributed by atoms with van der Waals surface area (Å²) < 4.78 is 11.2. The summed E-state index contributed by atoms with van der Waals surface area (Å²) in [7, 11) is 0. The van der Waals surface area contributed by atoms with Crippen molar-refractivity contribution < 1.29 is 13.9 Å². The van der Waals surface area contributed by atoms with Gasteiger partial charge in [-0.2, -0.15) is 0 Å². The summed E-state index contributed by atoms with van der Waals surface area (Å²) >= 11 is 0. The van der Waals surface area contributed by atoms with Gasteiger partial charge in [0.2, 0.25) is 5.89 Å². The molecular formula is C21H23N5O3. The van der Waals surface area contributed by atoms with Gasteiger partial charge >= 0.3 is 0 Å². The average molecular weight is 393 g/mol. The first-order chi connectivity index (χ1) is 14.3. The first-order valence-corrected chi connectivity index (χ1v) is 9.98. The van der Waals surface area contributed by atoms with Gasteiger partial charge in [-0.05, 0) is 30.9 Å². The molecule has 1 amide bonds. The lowest BCUT2D eigenvalue weighted by Gasteiger charge is -2.16. The Kier molecular flexibility index (Phi) is 4.87. The molecule has 1 aliphatic carbocycles. The number of hydrogen-bond acceptors (Lipinski definition) is 7. The maximum absolute atomic E-state index is 12.4. The molecule has 1 saturated carbocycles. The Hall–Kier alpha value is -2.97. The number of amides is 1. The molecule has 3 N–H and O–H groups in total. The molecule has 0 radical (unpaired) electrons. The standard InChI is InChI=1S/C21H23N5O3/c27-21(23-10-16-14-6-2-7-15(14)25-26-16)17-11-29-19(24-17)12-28-18-8-1-4-13-5-3-9-22-20(13)18/h1,3-5,8-9,11,14-16,25-26H,2,6-7,10,12H2,(H,23,27). The summed E-state index contributed by atoms with van der Waals surface area (Å²) in [5, 5.41) is 3.95. The first-order valence-electron chi connectivity index (χ1n) is 9.98. The number of hydrazine groups is 1. The molecule has 5 rings (SSSR count). The number of nitrogens with zero attached hydrogens (tertiary/aromatic N) is 2. The third-order valence-corrected chi connectivity index (χ3v) is 5.75. The van der Waals surface area contributed by atoms with E-state index in [1.807, 2.05) is 30.3 Å². The fourth-order valence-electron chi connectivity index (χ4n) is 4.28. The van der Waals surface area contributed by atoms with E-state index in [1.54, 1.807) is 6.20 Å². The van der Waals surface area contributed by atoms with E-state index in [4.69, 9.17) is 9.15 Å². The summed E-state index contributed by atoms with van der Waals surface area (Å²) in [6, 6.07) is 10.4. The highest BCUT2D eigenvalue weighted by molar-refractivity contribution is 5.91. The second-order valence-electron chi connectivity index (χ2n) is 7.55. The number of benzene rings is 1. The summed E-state index contributed by atoms with van der Waals surface area (Å²) in [6.07, 6.45) is 6.73. The van der Waals surface area contributed by atoms with E-state index < -0.39 is 0 Å². The highest BCUT2D eigenvalue weighted by atomic mass is 16.5. The van der Waals surface area contributed by atoms with Crippen LogP contribution in [0, 0.1) is 5.92 Å². The van der Waals surface area contributed by atoms with Crippen LogP contribution in [0.5, 0.6) is 5.75 Å². The van der Waals surface area contributed by atoms with Crippen molar-refractivity contribution in [2.24, 2.45) is 5.92 Å². The first kappa shape index (κ1) is 18.1. The zero-order valence-electron chi connectivity index (χ0n) is 15.9. The predicted molar refractivity (Wildman–Crippen MR) is 106 cm³/mol. The summed E-state index contributed by atoms with van der Waals surface area (Å²) in [5.41, 5.74) is 7.65. The average Bonchev–Trinajstić information content (AvgIpc) is 3.48. The third-order valence-electron chi connectivity index (χ3n) is 5.75. The van der Waals surface area contributed by atoms with Crippen molar-refractivity contribution in [1.29, 1.82) is 0 Å². The Morgan fingerprint density at radius 1 is 1.24 bits per heavy atom. The number of nitrogens with one attached hydrogen (secondary N) is 3. The van der Waals surface area contributed by atoms with E-state index in [1.165, 1.54) is 25.5 Å². The lowest BCUT2D eigenvalue weighted by atomic mass is 9.97. The highest BCUT2D eigenvalue weighted by Gasteiger charge is 2.38. The number of carbonyl (C=O) groups excluding carboxylic acids is 1. The fourth-order valence-corrected chi connectivity index (χ4v) is 4.28. The van der Waals surface area contributed by atoms with Gasteiger partial charge in [0, 0.05) is 30.2 Å². The SMILES string of the molecule is O=C(NCC1NNC2CCCC21)c1coc(COc2cccc3cccnc23)n1. The minimum Gasteiger partial charge on any atom is -0.482 e. The molecular weight excluding hydrogens is 370 g/mol. The Bertz CT molecular complexity index is 1010. The molecule has 0 spiro atoms. The van der Waals surface area contributed by atoms with Gasteiger partial charge in [0.25, 0.3) is 5.91 Å². The van der Waals surface area contributed by atoms with Crippen molar-refractivity contribution in [2.45, 2.75) is 38.0 Å². The van der Waals surface area contributed by atoms with Gasteiger partial charge in [-0.1, -0.05) is 24.6 Å². The zero-order valence-corrected chi connectivity index (χ0v) is 15.9. The zero-order chi connectivity index (χ0) is 19.6. The largest absolute Gasteiger partial charge is 0.482 e. The summed E-state index contributed by atoms with van der Waals surface area (Å²) in [5.74, 6) is 1.33. The number of rotatable bonds is 6. The normalized spacial score (nSPS) is 23.2. The van der Waals surface area contributed by atoms with Crippen LogP contribution in [0.4, 0.5) is 0 Å². The number of para-hydroxylation sites is 1. The maximum Gasteiger partial charge on any atom is 0.273 e. The summed E-state index contributed by atoms with van der Waals surface area (Å²) in [4.78, 5) is 21.0. The second-order valence-corrected chi connectivity index (χ2v) is 7.55. The number of hydrogen-bond donors (Lipinski definition) is 3. The van der Waals surface area contributed by atoms with Crippen LogP contribution in [0.1, 0.15) is 35.6 Å². The van der Waals surface area contributed by atoms with Gasteiger partial charge in [0.15, 0.2) is 12.3 Å². The molecule has 1 aromatic carbocycles. The van der Waals surface area contributed by atoms with E-state index in [0.717, 1.165) is 10.9 Å². The Balaban J connectivity index is 1.18. The molecule has 8 nitrogen and oxygen atoms in total. The van der Waals surface area contributed by atoms with E-state index in [0.29, 0.717) is 30.1 Å². The van der Waals surface area contributed by atoms with Crippen molar-refractivity contribution in [3.63, 3.8) is 0 Å². The van der Waals surface area contributed by atoms with Gasteiger partial charge in [0.1, 0.15) is 17.5 Å². The molecule has 1 saturated heterocycles. The molecule has 3 atom stereocenters. The molecule has 2 fully saturated rings. The maximum atomic E-state index is 12.4. The number of fused-ring (bicyclic) bond motifs is 2. The van der Waals surface area contributed by atoms with Crippen molar-refractivity contribution in [3.05, 3.63) is 54.4 Å². The number of ether oxygens (including phenoxy) is 1. The van der Waals surface area contributed by atoms with Crippen molar-refractivity contribution >= 4 is 16.8 Å². The van der Waals surface area contributed by atoms with E-state index in [2.05, 4.69) is 26.1 Å². The minimum absolute atomic E-state index is 0.126. The van der Waals surface area contributed by atoms with Crippen LogP contribution in [-0.2, 0) is 6.61 Å². The molecule has 2 aliphatic rings. The molecule has 3 heterocycles. The van der Waals surface area contributed by atoms with Crippen molar-refractivity contribution in [3.8, 4) is 5.75 Å². The number of aromatic nitrogens is 2. The molecule has 8 heteroatoms. The van der Waals surface area contributed by atoms with E-state index >= 15 is 0 Å². The highest BCUT2D eigenvalue weighted by Crippen LogP contribution is 2.31. The second kappa shape index (κ2) is 7.81. The van der Waals surface area contributed by atoms with Gasteiger partial charge in [0.05, 0.1) is 0 Å². The topological polar surface area (TPSA) is 101 Å². The quantitative estimate of drug-likeness (QED) is 0.590. The Labute approximate surface area is 168 Å². The predicted octanol–water partition coefficient (Wildman–Crippen LogP) is 2.18. The van der Waals surface area contributed by atoms with Gasteiger partial charge in [-0.25, -0.2) is 4.98 Å². The van der Waals surface area contributed by atoms with Crippen LogP contribution in [-0.4, -0.2) is 34.5 Å². The molecule has 1 aliphatic heterocycles. The minimum atomic E-state index is -0.241. The fraction of sp³-hybridized carbons (Fsp3) is 0.381. The summed E-state index contributed by atoms with van der Waals surface area (Å²) in [6.45, 7) is 0.689. The van der Waals surface area contributed by atoms with Crippen LogP contribution < -0.4 is 20.9 Å². The van der Waals surface area contributed by atoms with Crippen molar-refractivity contribution in [1.82, 2.24) is 26.1 Å². The molecule has 150 valence electrons. The molecule has 2 aromatic heterocycles. The van der Waals surface area contributed by atoms with Crippen LogP contribution in [0.15, 0.2) is 47.2 Å². The third kappa shape index (κ3) is 3.68. The lowest BCUT2D eigenvalue weighted by Crippen LogP contribution is -2.42. The molecule has 29 heavy (non-hydrogen) atoms. The molecule has 3 unspecified atom stereocenters. The van der Waals surface area contributed by atoms with Crippen LogP contribution in [0.3, 0.4) is 0 Å². The van der Waals surface area contributed by atoms with Crippen LogP contribution in [0.25, 0.3) is 10.9 Å². The van der Waals surface area contributed by atoms with Crippen LogP contribution >= 0.6 is 0 Å². The lowest BCUT2D eigenvalue weighted by molar-refractivity contribution is 0.0943. The van der Waals surface area contributed by atoms with Gasteiger partial charge in [-0.3, -0.25) is 20.6 Å². The molecule has 3 aromatic rings. The monoisotopic (exact) mass is 393 g/mol. The Morgan fingerprint density at radius 2 is 2.17 bits per heavy atom. The van der Waals surface area contributed by atoms with Crippen molar-refractivity contribution in [2.75, 3.05) is 6.54 Å². The van der Waals surface area contributed by atoms with E-state index in [9.17, 15) is 4.79 Å². The van der Waals surface area contributed by atoms with Gasteiger partial charge in [-0.15, -0.1) is 0 Å². The molecule has 0 bridgehead atoms.